The van der Waals surface area contributed by atoms with Crippen LogP contribution in [0.15, 0.2) is 48.5 Å². The van der Waals surface area contributed by atoms with Crippen molar-refractivity contribution in [3.05, 3.63) is 58.6 Å². The average molecular weight is 253 g/mol. The number of halogens is 2. The molecule has 2 rings (SSSR count). The van der Waals surface area contributed by atoms with E-state index < -0.39 is 0 Å². The molecular formula is C12H10Cl2N2. The molecule has 82 valence electrons. The number of para-hydroxylation sites is 2. The third kappa shape index (κ3) is 2.60. The van der Waals surface area contributed by atoms with Crippen molar-refractivity contribution in [3.8, 4) is 0 Å². The lowest BCUT2D eigenvalue weighted by Gasteiger charge is -2.12. The molecule has 2 N–H and O–H groups in total. The van der Waals surface area contributed by atoms with Crippen molar-refractivity contribution in [2.24, 2.45) is 0 Å². The molecule has 0 amide bonds. The van der Waals surface area contributed by atoms with Crippen molar-refractivity contribution >= 4 is 34.6 Å². The number of anilines is 2. The summed E-state index contributed by atoms with van der Waals surface area (Å²) >= 11 is 12.0. The zero-order valence-electron chi connectivity index (χ0n) is 8.37. The third-order valence-corrected chi connectivity index (χ3v) is 2.70. The van der Waals surface area contributed by atoms with Crippen molar-refractivity contribution in [3.63, 3.8) is 0 Å². The van der Waals surface area contributed by atoms with Gasteiger partial charge < -0.3 is 5.43 Å². The van der Waals surface area contributed by atoms with Crippen LogP contribution in [0.5, 0.6) is 0 Å². The Balaban J connectivity index is 2.11. The van der Waals surface area contributed by atoms with Crippen LogP contribution in [0.3, 0.4) is 0 Å². The molecule has 2 aromatic carbocycles. The van der Waals surface area contributed by atoms with Crippen molar-refractivity contribution in [1.29, 1.82) is 0 Å². The van der Waals surface area contributed by atoms with Crippen LogP contribution >= 0.6 is 23.2 Å². The Hall–Kier alpha value is -1.38. The summed E-state index contributed by atoms with van der Waals surface area (Å²) in [6, 6.07) is 15.1. The lowest BCUT2D eigenvalue weighted by Crippen LogP contribution is -2.09. The Morgan fingerprint density at radius 2 is 1.31 bits per heavy atom. The molecule has 0 aromatic heterocycles. The van der Waals surface area contributed by atoms with Crippen LogP contribution < -0.4 is 10.9 Å². The Labute approximate surface area is 104 Å². The van der Waals surface area contributed by atoms with Crippen LogP contribution in [0, 0.1) is 0 Å². The van der Waals surface area contributed by atoms with Gasteiger partial charge in [0.1, 0.15) is 0 Å². The molecule has 0 saturated heterocycles. The summed E-state index contributed by atoms with van der Waals surface area (Å²) in [5.41, 5.74) is 7.63. The summed E-state index contributed by atoms with van der Waals surface area (Å²) in [5.74, 6) is 0. The van der Waals surface area contributed by atoms with Crippen LogP contribution in [0.2, 0.25) is 10.0 Å². The van der Waals surface area contributed by atoms with Gasteiger partial charge in [-0.15, -0.1) is 0 Å². The summed E-state index contributed by atoms with van der Waals surface area (Å²) in [6.45, 7) is 0. The molecule has 4 heteroatoms. The van der Waals surface area contributed by atoms with Crippen molar-refractivity contribution in [1.82, 2.24) is 0 Å². The van der Waals surface area contributed by atoms with Gasteiger partial charge in [0.05, 0.1) is 21.4 Å². The first-order valence-corrected chi connectivity index (χ1v) is 5.54. The maximum atomic E-state index is 6.01. The lowest BCUT2D eigenvalue weighted by atomic mass is 10.3. The molecule has 0 heterocycles. The molecule has 0 saturated carbocycles. The Kier molecular flexibility index (Phi) is 3.54. The summed E-state index contributed by atoms with van der Waals surface area (Å²) in [5, 5.41) is 1.16. The summed E-state index contributed by atoms with van der Waals surface area (Å²) in [7, 11) is 0. The highest BCUT2D eigenvalue weighted by atomic mass is 35.5. The Morgan fingerprint density at radius 3 is 1.94 bits per heavy atom. The first-order chi connectivity index (χ1) is 7.77. The molecular weight excluding hydrogens is 243 g/mol. The van der Waals surface area contributed by atoms with Gasteiger partial charge in [0.15, 0.2) is 0 Å². The van der Waals surface area contributed by atoms with Gasteiger partial charge in [-0.3, -0.25) is 5.43 Å². The van der Waals surface area contributed by atoms with Crippen molar-refractivity contribution in [2.45, 2.75) is 0 Å². The van der Waals surface area contributed by atoms with E-state index in [2.05, 4.69) is 10.9 Å². The van der Waals surface area contributed by atoms with Crippen LogP contribution in [-0.2, 0) is 0 Å². The fourth-order valence-electron chi connectivity index (χ4n) is 1.27. The van der Waals surface area contributed by atoms with E-state index in [1.807, 2.05) is 30.3 Å². The van der Waals surface area contributed by atoms with E-state index in [0.717, 1.165) is 5.69 Å². The van der Waals surface area contributed by atoms with Gasteiger partial charge in [-0.2, -0.15) is 0 Å². The highest BCUT2D eigenvalue weighted by Crippen LogP contribution is 2.29. The maximum Gasteiger partial charge on any atom is 0.0912 e. The summed E-state index contributed by atoms with van der Waals surface area (Å²) < 4.78 is 0. The first-order valence-electron chi connectivity index (χ1n) is 4.78. The second kappa shape index (κ2) is 5.10. The van der Waals surface area contributed by atoms with E-state index in [1.54, 1.807) is 18.2 Å². The van der Waals surface area contributed by atoms with Gasteiger partial charge in [0.25, 0.3) is 0 Å². The molecule has 0 fully saturated rings. The largest absolute Gasteiger partial charge is 0.301 e. The van der Waals surface area contributed by atoms with Crippen molar-refractivity contribution in [2.75, 3.05) is 10.9 Å². The molecule has 0 aliphatic carbocycles. The predicted molar refractivity (Wildman–Crippen MR) is 70.1 cm³/mol. The minimum atomic E-state index is 0.580. The molecule has 0 aliphatic rings. The van der Waals surface area contributed by atoms with E-state index >= 15 is 0 Å². The van der Waals surface area contributed by atoms with Gasteiger partial charge in [-0.25, -0.2) is 0 Å². The molecule has 0 bridgehead atoms. The topological polar surface area (TPSA) is 24.1 Å². The second-order valence-corrected chi connectivity index (χ2v) is 4.03. The maximum absolute atomic E-state index is 6.01. The fourth-order valence-corrected chi connectivity index (χ4v) is 1.77. The monoisotopic (exact) mass is 252 g/mol. The molecule has 16 heavy (non-hydrogen) atoms. The van der Waals surface area contributed by atoms with Crippen LogP contribution in [0.25, 0.3) is 0 Å². The normalized spacial score (nSPS) is 9.88. The Morgan fingerprint density at radius 1 is 0.688 bits per heavy atom. The van der Waals surface area contributed by atoms with Crippen LogP contribution in [-0.4, -0.2) is 0 Å². The van der Waals surface area contributed by atoms with E-state index in [4.69, 9.17) is 23.2 Å². The van der Waals surface area contributed by atoms with Crippen LogP contribution in [0.1, 0.15) is 0 Å². The first kappa shape index (κ1) is 11.1. The minimum absolute atomic E-state index is 0.580. The van der Waals surface area contributed by atoms with Gasteiger partial charge in [-0.05, 0) is 24.3 Å². The second-order valence-electron chi connectivity index (χ2n) is 3.21. The lowest BCUT2D eigenvalue weighted by molar-refractivity contribution is 1.41. The number of hydrogen-bond acceptors (Lipinski definition) is 2. The van der Waals surface area contributed by atoms with Crippen LogP contribution in [0.4, 0.5) is 11.4 Å². The van der Waals surface area contributed by atoms with Gasteiger partial charge in [-0.1, -0.05) is 47.5 Å². The zero-order valence-corrected chi connectivity index (χ0v) is 9.89. The number of rotatable bonds is 3. The van der Waals surface area contributed by atoms with Gasteiger partial charge in [0, 0.05) is 0 Å². The molecule has 0 spiro atoms. The highest BCUT2D eigenvalue weighted by Gasteiger charge is 2.03. The molecule has 0 atom stereocenters. The van der Waals surface area contributed by atoms with Crippen molar-refractivity contribution < 1.29 is 0 Å². The fraction of sp³-hybridized carbons (Fsp3) is 0. The standard InChI is InChI=1S/C12H10Cl2N2/c13-10-7-4-8-11(14)12(10)16-15-9-5-2-1-3-6-9/h1-8,15-16H. The molecule has 2 aromatic rings. The minimum Gasteiger partial charge on any atom is -0.301 e. The van der Waals surface area contributed by atoms with Gasteiger partial charge in [0.2, 0.25) is 0 Å². The number of benzene rings is 2. The third-order valence-electron chi connectivity index (χ3n) is 2.07. The zero-order chi connectivity index (χ0) is 11.4. The average Bonchev–Trinajstić information content (AvgIpc) is 2.30. The molecule has 0 aliphatic heterocycles. The SMILES string of the molecule is Clc1cccc(Cl)c1NNc1ccccc1. The van der Waals surface area contributed by atoms with E-state index in [1.165, 1.54) is 0 Å². The Bertz CT molecular complexity index is 451. The van der Waals surface area contributed by atoms with E-state index in [0.29, 0.717) is 15.7 Å². The smallest absolute Gasteiger partial charge is 0.0912 e. The van der Waals surface area contributed by atoms with E-state index in [-0.39, 0.29) is 0 Å². The van der Waals surface area contributed by atoms with Gasteiger partial charge >= 0.3 is 0 Å². The summed E-state index contributed by atoms with van der Waals surface area (Å²) in [6.07, 6.45) is 0. The number of nitrogens with one attached hydrogen (secondary N) is 2. The molecule has 0 radical (unpaired) electrons. The highest BCUT2D eigenvalue weighted by molar-refractivity contribution is 6.39. The predicted octanol–water partition coefficient (Wildman–Crippen LogP) is 4.43. The summed E-state index contributed by atoms with van der Waals surface area (Å²) in [4.78, 5) is 0. The molecule has 0 unspecified atom stereocenters. The van der Waals surface area contributed by atoms with E-state index in [9.17, 15) is 0 Å². The number of hydrazine groups is 1. The number of hydrogen-bond donors (Lipinski definition) is 2. The molecule has 2 nitrogen and oxygen atoms in total. The quantitative estimate of drug-likeness (QED) is 0.790.